The van der Waals surface area contributed by atoms with Gasteiger partial charge < -0.3 is 16.2 Å². The predicted octanol–water partition coefficient (Wildman–Crippen LogP) is 0.805. The summed E-state index contributed by atoms with van der Waals surface area (Å²) >= 11 is 0. The summed E-state index contributed by atoms with van der Waals surface area (Å²) in [6.45, 7) is 5.81. The van der Waals surface area contributed by atoms with E-state index in [4.69, 9.17) is 16.2 Å². The fraction of sp³-hybridized carbons (Fsp3) is 0.833. The van der Waals surface area contributed by atoms with E-state index in [-0.39, 0.29) is 5.92 Å². The molecule has 0 radical (unpaired) electrons. The monoisotopic (exact) mass is 244 g/mol. The van der Waals surface area contributed by atoms with Gasteiger partial charge in [-0.2, -0.15) is 0 Å². The molecule has 0 heterocycles. The van der Waals surface area contributed by atoms with Gasteiger partial charge in [0.15, 0.2) is 5.60 Å². The number of carbonyl (C=O) groups is 2. The Kier molecular flexibility index (Phi) is 6.16. The predicted molar refractivity (Wildman–Crippen MR) is 66.0 cm³/mol. The first-order chi connectivity index (χ1) is 7.81. The smallest absolute Gasteiger partial charge is 0.250 e. The molecule has 4 N–H and O–H groups in total. The van der Waals surface area contributed by atoms with Crippen molar-refractivity contribution in [1.29, 1.82) is 0 Å². The molecule has 0 aromatic rings. The molecule has 0 fully saturated rings. The molecule has 0 aliphatic carbocycles. The molecule has 2 atom stereocenters. The first-order valence-corrected chi connectivity index (χ1v) is 5.96. The topological polar surface area (TPSA) is 95.4 Å². The van der Waals surface area contributed by atoms with Crippen molar-refractivity contribution in [3.63, 3.8) is 0 Å². The van der Waals surface area contributed by atoms with Crippen LogP contribution < -0.4 is 11.5 Å². The first-order valence-electron chi connectivity index (χ1n) is 5.96. The number of primary amides is 2. The molecule has 0 aliphatic heterocycles. The Morgan fingerprint density at radius 2 is 1.82 bits per heavy atom. The zero-order valence-corrected chi connectivity index (χ0v) is 11.2. The Bertz CT molecular complexity index is 279. The lowest BCUT2D eigenvalue weighted by molar-refractivity contribution is -0.157. The summed E-state index contributed by atoms with van der Waals surface area (Å²) in [4.78, 5) is 23.2. The van der Waals surface area contributed by atoms with Crippen LogP contribution in [0.5, 0.6) is 0 Å². The Morgan fingerprint density at radius 1 is 1.29 bits per heavy atom. The van der Waals surface area contributed by atoms with Crippen molar-refractivity contribution in [2.75, 3.05) is 7.11 Å². The second kappa shape index (κ2) is 6.59. The number of hydrogen-bond acceptors (Lipinski definition) is 3. The van der Waals surface area contributed by atoms with E-state index in [1.165, 1.54) is 7.11 Å². The van der Waals surface area contributed by atoms with Gasteiger partial charge in [-0.05, 0) is 18.8 Å². The molecule has 0 saturated carbocycles. The first kappa shape index (κ1) is 15.9. The fourth-order valence-corrected chi connectivity index (χ4v) is 2.24. The maximum Gasteiger partial charge on any atom is 0.250 e. The number of rotatable bonds is 8. The van der Waals surface area contributed by atoms with Crippen LogP contribution in [0, 0.1) is 11.8 Å². The minimum atomic E-state index is -1.28. The molecule has 100 valence electrons. The summed E-state index contributed by atoms with van der Waals surface area (Å²) in [5.41, 5.74) is 9.52. The van der Waals surface area contributed by atoms with Gasteiger partial charge in [0, 0.05) is 7.11 Å². The van der Waals surface area contributed by atoms with E-state index in [1.54, 1.807) is 0 Å². The van der Waals surface area contributed by atoms with Crippen LogP contribution in [0.1, 0.15) is 40.0 Å². The van der Waals surface area contributed by atoms with Gasteiger partial charge in [0.1, 0.15) is 0 Å². The van der Waals surface area contributed by atoms with Crippen molar-refractivity contribution < 1.29 is 14.3 Å². The third kappa shape index (κ3) is 3.70. The molecule has 0 saturated heterocycles. The SMILES string of the molecule is CCCC(C(N)=O)C(CC(C)C)(OC)C(N)=O. The summed E-state index contributed by atoms with van der Waals surface area (Å²) in [7, 11) is 1.40. The molecule has 2 amide bonds. The van der Waals surface area contributed by atoms with Crippen LogP contribution in [-0.2, 0) is 14.3 Å². The highest BCUT2D eigenvalue weighted by molar-refractivity contribution is 5.91. The Labute approximate surface area is 103 Å². The van der Waals surface area contributed by atoms with Crippen molar-refractivity contribution >= 4 is 11.8 Å². The van der Waals surface area contributed by atoms with Crippen molar-refractivity contribution in [1.82, 2.24) is 0 Å². The van der Waals surface area contributed by atoms with Crippen LogP contribution in [0.15, 0.2) is 0 Å². The Balaban J connectivity index is 5.36. The van der Waals surface area contributed by atoms with Crippen LogP contribution in [0.2, 0.25) is 0 Å². The van der Waals surface area contributed by atoms with E-state index >= 15 is 0 Å². The number of carbonyl (C=O) groups excluding carboxylic acids is 2. The standard InChI is InChI=1S/C12H24N2O3/c1-5-6-9(10(13)15)12(17-4,11(14)16)7-8(2)3/h8-9H,5-7H2,1-4H3,(H2,13,15)(H2,14,16). The summed E-state index contributed by atoms with van der Waals surface area (Å²) in [6, 6.07) is 0. The molecule has 17 heavy (non-hydrogen) atoms. The van der Waals surface area contributed by atoms with E-state index in [2.05, 4.69) is 0 Å². The van der Waals surface area contributed by atoms with Gasteiger partial charge in [0.25, 0.3) is 5.91 Å². The summed E-state index contributed by atoms with van der Waals surface area (Å²) in [5, 5.41) is 0. The van der Waals surface area contributed by atoms with Gasteiger partial charge in [0.2, 0.25) is 5.91 Å². The largest absolute Gasteiger partial charge is 0.369 e. The molecule has 0 spiro atoms. The molecule has 2 unspecified atom stereocenters. The van der Waals surface area contributed by atoms with Crippen LogP contribution >= 0.6 is 0 Å². The fourth-order valence-electron chi connectivity index (χ4n) is 2.24. The molecule has 0 rings (SSSR count). The van der Waals surface area contributed by atoms with E-state index in [9.17, 15) is 9.59 Å². The van der Waals surface area contributed by atoms with Gasteiger partial charge in [-0.25, -0.2) is 0 Å². The van der Waals surface area contributed by atoms with Gasteiger partial charge in [-0.3, -0.25) is 9.59 Å². The molecule has 0 bridgehead atoms. The quantitative estimate of drug-likeness (QED) is 0.661. The molecule has 0 aromatic heterocycles. The Hall–Kier alpha value is -1.10. The number of hydrogen-bond donors (Lipinski definition) is 2. The van der Waals surface area contributed by atoms with Crippen LogP contribution in [0.4, 0.5) is 0 Å². The van der Waals surface area contributed by atoms with Gasteiger partial charge in [-0.1, -0.05) is 27.2 Å². The number of methoxy groups -OCH3 is 1. The lowest BCUT2D eigenvalue weighted by Gasteiger charge is -2.36. The minimum Gasteiger partial charge on any atom is -0.369 e. The maximum absolute atomic E-state index is 11.7. The zero-order chi connectivity index (χ0) is 13.6. The van der Waals surface area contributed by atoms with Crippen molar-refractivity contribution in [2.24, 2.45) is 23.3 Å². The average molecular weight is 244 g/mol. The van der Waals surface area contributed by atoms with Crippen molar-refractivity contribution in [2.45, 2.75) is 45.6 Å². The molecule has 0 aliphatic rings. The number of ether oxygens (including phenoxy) is 1. The van der Waals surface area contributed by atoms with E-state index in [0.717, 1.165) is 6.42 Å². The molecule has 5 heteroatoms. The second-order valence-corrected chi connectivity index (χ2v) is 4.80. The molecular formula is C12H24N2O3. The second-order valence-electron chi connectivity index (χ2n) is 4.80. The van der Waals surface area contributed by atoms with Crippen LogP contribution in [-0.4, -0.2) is 24.5 Å². The lowest BCUT2D eigenvalue weighted by Crippen LogP contribution is -2.56. The molecule has 0 aromatic carbocycles. The molecular weight excluding hydrogens is 220 g/mol. The number of nitrogens with two attached hydrogens (primary N) is 2. The highest BCUT2D eigenvalue weighted by atomic mass is 16.5. The van der Waals surface area contributed by atoms with Crippen LogP contribution in [0.3, 0.4) is 0 Å². The van der Waals surface area contributed by atoms with E-state index in [0.29, 0.717) is 12.8 Å². The summed E-state index contributed by atoms with van der Waals surface area (Å²) < 4.78 is 5.31. The summed E-state index contributed by atoms with van der Waals surface area (Å²) in [6.07, 6.45) is 1.63. The minimum absolute atomic E-state index is 0.182. The third-order valence-electron chi connectivity index (χ3n) is 2.98. The Morgan fingerprint density at radius 3 is 2.06 bits per heavy atom. The van der Waals surface area contributed by atoms with Gasteiger partial charge in [0.05, 0.1) is 5.92 Å². The highest BCUT2D eigenvalue weighted by Gasteiger charge is 2.47. The third-order valence-corrected chi connectivity index (χ3v) is 2.98. The van der Waals surface area contributed by atoms with Gasteiger partial charge in [-0.15, -0.1) is 0 Å². The van der Waals surface area contributed by atoms with Crippen LogP contribution in [0.25, 0.3) is 0 Å². The van der Waals surface area contributed by atoms with E-state index in [1.807, 2.05) is 20.8 Å². The normalized spacial score (nSPS) is 16.5. The highest BCUT2D eigenvalue weighted by Crippen LogP contribution is 2.32. The number of amides is 2. The lowest BCUT2D eigenvalue weighted by atomic mass is 9.77. The summed E-state index contributed by atoms with van der Waals surface area (Å²) in [5.74, 6) is -1.64. The zero-order valence-electron chi connectivity index (χ0n) is 11.2. The maximum atomic E-state index is 11.7. The van der Waals surface area contributed by atoms with Crippen molar-refractivity contribution in [3.05, 3.63) is 0 Å². The van der Waals surface area contributed by atoms with E-state index < -0.39 is 23.3 Å². The van der Waals surface area contributed by atoms with Crippen molar-refractivity contribution in [3.8, 4) is 0 Å². The van der Waals surface area contributed by atoms with Gasteiger partial charge >= 0.3 is 0 Å². The molecule has 5 nitrogen and oxygen atoms in total. The average Bonchev–Trinajstić information content (AvgIpc) is 2.21.